The molecule has 0 aliphatic carbocycles. The number of fused-ring (bicyclic) bond motifs is 12. The molecule has 0 saturated heterocycles. The third-order valence-corrected chi connectivity index (χ3v) is 16.1. The van der Waals surface area contributed by atoms with Crippen LogP contribution in [0.1, 0.15) is 26.3 Å². The second kappa shape index (κ2) is 16.2. The summed E-state index contributed by atoms with van der Waals surface area (Å²) in [5.41, 5.74) is 28.1. The first-order chi connectivity index (χ1) is 36.4. The van der Waals surface area contributed by atoms with Gasteiger partial charge in [0, 0.05) is 56.0 Å². The fraction of sp³-hybridized carbons (Fsp3) is 0.0571. The van der Waals surface area contributed by atoms with E-state index in [-0.39, 0.29) is 12.1 Å². The molecular weight excluding hydrogens is 894 g/mol. The number of hydrogen-bond donors (Lipinski definition) is 0. The molecule has 1 aromatic heterocycles. The number of rotatable bonds is 5. The topological polar surface area (TPSA) is 11.4 Å². The number of hydrogen-bond acceptors (Lipinski definition) is 2. The van der Waals surface area contributed by atoms with Gasteiger partial charge in [-0.15, -0.1) is 0 Å². The Morgan fingerprint density at radius 1 is 0.324 bits per heavy atom. The molecule has 12 aromatic rings. The van der Waals surface area contributed by atoms with Gasteiger partial charge in [-0.1, -0.05) is 203 Å². The van der Waals surface area contributed by atoms with Crippen LogP contribution in [-0.2, 0) is 5.41 Å². The number of para-hydroxylation sites is 2. The summed E-state index contributed by atoms with van der Waals surface area (Å²) >= 11 is 0. The standard InChI is InChI=1S/C70H50BN3/c1-70(2,3)51-34-29-47(30-35-51)48-31-36-52(37-32-48)72-65-27-16-28-66-68(65)71(60-39-38-53(44-67(60)72)73-62-25-14-12-23-56(62)57-24-13-15-26-63(57)73)61-43-50(46-19-8-5-9-20-46)42-59-55-22-11-10-21-54(55)58-41-49(45-17-6-4-7-18-45)33-40-64(58)74(66)69(59)61/h4-44H,1-3H3. The minimum Gasteiger partial charge on any atom is -0.311 e. The average Bonchev–Trinajstić information content (AvgIpc) is 3.84. The van der Waals surface area contributed by atoms with Gasteiger partial charge in [-0.05, 0) is 139 Å². The van der Waals surface area contributed by atoms with Crippen LogP contribution < -0.4 is 26.2 Å². The van der Waals surface area contributed by atoms with Gasteiger partial charge >= 0.3 is 0 Å². The minimum absolute atomic E-state index is 0.0776. The van der Waals surface area contributed by atoms with Crippen molar-refractivity contribution in [1.82, 2.24) is 4.57 Å². The van der Waals surface area contributed by atoms with Crippen molar-refractivity contribution in [2.24, 2.45) is 0 Å². The Labute approximate surface area is 433 Å². The van der Waals surface area contributed by atoms with Crippen LogP contribution in [0, 0.1) is 0 Å². The highest BCUT2D eigenvalue weighted by molar-refractivity contribution is 7.00. The van der Waals surface area contributed by atoms with E-state index in [0.29, 0.717) is 0 Å². The van der Waals surface area contributed by atoms with Gasteiger partial charge in [0.15, 0.2) is 0 Å². The van der Waals surface area contributed by atoms with E-state index in [1.165, 1.54) is 128 Å². The van der Waals surface area contributed by atoms with Crippen LogP contribution in [0.5, 0.6) is 0 Å². The molecule has 0 spiro atoms. The molecule has 0 unspecified atom stereocenters. The summed E-state index contributed by atoms with van der Waals surface area (Å²) in [6, 6.07) is 93.3. The van der Waals surface area contributed by atoms with Crippen molar-refractivity contribution in [2.45, 2.75) is 26.2 Å². The number of aromatic nitrogens is 1. The summed E-state index contributed by atoms with van der Waals surface area (Å²) < 4.78 is 2.46. The maximum absolute atomic E-state index is 2.61. The van der Waals surface area contributed by atoms with Crippen LogP contribution in [0.4, 0.5) is 34.1 Å². The summed E-state index contributed by atoms with van der Waals surface area (Å²) in [6.45, 7) is 6.75. The van der Waals surface area contributed by atoms with Crippen molar-refractivity contribution in [3.63, 3.8) is 0 Å². The van der Waals surface area contributed by atoms with Crippen molar-refractivity contribution < 1.29 is 0 Å². The molecule has 4 heterocycles. The smallest absolute Gasteiger partial charge is 0.252 e. The molecule has 0 bridgehead atoms. The fourth-order valence-corrected chi connectivity index (χ4v) is 12.6. The average molecular weight is 944 g/mol. The monoisotopic (exact) mass is 943 g/mol. The molecule has 3 aliphatic rings. The number of anilines is 6. The first kappa shape index (κ1) is 42.6. The van der Waals surface area contributed by atoms with Crippen molar-refractivity contribution in [2.75, 3.05) is 9.80 Å². The highest BCUT2D eigenvalue weighted by atomic mass is 15.2. The maximum Gasteiger partial charge on any atom is 0.252 e. The van der Waals surface area contributed by atoms with Crippen LogP contribution in [0.15, 0.2) is 249 Å². The number of benzene rings is 11. The third kappa shape index (κ3) is 6.41. The zero-order valence-electron chi connectivity index (χ0n) is 41.6. The lowest BCUT2D eigenvalue weighted by Gasteiger charge is -2.45. The summed E-state index contributed by atoms with van der Waals surface area (Å²) in [5, 5.41) is 2.51. The molecule has 0 fully saturated rings. The Morgan fingerprint density at radius 2 is 0.851 bits per heavy atom. The number of nitrogens with zero attached hydrogens (tertiary/aromatic N) is 3. The summed E-state index contributed by atoms with van der Waals surface area (Å²) in [5.74, 6) is 0. The highest BCUT2D eigenvalue weighted by Gasteiger charge is 2.46. The Bertz CT molecular complexity index is 4170. The van der Waals surface area contributed by atoms with Gasteiger partial charge in [0.2, 0.25) is 0 Å². The molecular formula is C70H50BN3. The summed E-state index contributed by atoms with van der Waals surface area (Å²) in [6.07, 6.45) is 0. The van der Waals surface area contributed by atoms with Crippen LogP contribution in [0.2, 0.25) is 0 Å². The molecule has 3 aliphatic heterocycles. The first-order valence-corrected chi connectivity index (χ1v) is 25.9. The molecule has 11 aromatic carbocycles. The zero-order chi connectivity index (χ0) is 49.2. The van der Waals surface area contributed by atoms with Crippen molar-refractivity contribution >= 4 is 79.0 Å². The van der Waals surface area contributed by atoms with Crippen LogP contribution in [0.3, 0.4) is 0 Å². The molecule has 0 N–H and O–H groups in total. The lowest BCUT2D eigenvalue weighted by atomic mass is 9.33. The van der Waals surface area contributed by atoms with E-state index in [1.807, 2.05) is 0 Å². The molecule has 348 valence electrons. The van der Waals surface area contributed by atoms with Crippen LogP contribution in [-0.4, -0.2) is 11.3 Å². The third-order valence-electron chi connectivity index (χ3n) is 16.1. The van der Waals surface area contributed by atoms with Gasteiger partial charge in [-0.3, -0.25) is 0 Å². The second-order valence-corrected chi connectivity index (χ2v) is 21.3. The lowest BCUT2D eigenvalue weighted by molar-refractivity contribution is 0.590. The van der Waals surface area contributed by atoms with E-state index in [9.17, 15) is 0 Å². The predicted molar refractivity (Wildman–Crippen MR) is 314 cm³/mol. The van der Waals surface area contributed by atoms with Gasteiger partial charge in [0.25, 0.3) is 6.71 Å². The molecule has 74 heavy (non-hydrogen) atoms. The normalized spacial score (nSPS) is 13.0. The zero-order valence-corrected chi connectivity index (χ0v) is 41.6. The van der Waals surface area contributed by atoms with Gasteiger partial charge in [-0.25, -0.2) is 0 Å². The Morgan fingerprint density at radius 3 is 1.51 bits per heavy atom. The molecule has 3 nitrogen and oxygen atoms in total. The molecule has 0 amide bonds. The van der Waals surface area contributed by atoms with Gasteiger partial charge in [0.1, 0.15) is 0 Å². The molecule has 15 rings (SSSR count). The van der Waals surface area contributed by atoms with Crippen molar-refractivity contribution in [1.29, 1.82) is 0 Å². The van der Waals surface area contributed by atoms with Gasteiger partial charge in [-0.2, -0.15) is 0 Å². The fourth-order valence-electron chi connectivity index (χ4n) is 12.6. The van der Waals surface area contributed by atoms with E-state index in [0.717, 1.165) is 11.4 Å². The Kier molecular flexibility index (Phi) is 9.32. The van der Waals surface area contributed by atoms with E-state index in [1.54, 1.807) is 0 Å². The van der Waals surface area contributed by atoms with Crippen LogP contribution in [0.25, 0.3) is 83.1 Å². The largest absolute Gasteiger partial charge is 0.311 e. The minimum atomic E-state index is -0.0776. The van der Waals surface area contributed by atoms with Crippen LogP contribution >= 0.6 is 0 Å². The lowest BCUT2D eigenvalue weighted by Crippen LogP contribution is -2.61. The van der Waals surface area contributed by atoms with Gasteiger partial charge in [0.05, 0.1) is 16.7 Å². The molecule has 0 radical (unpaired) electrons. The summed E-state index contributed by atoms with van der Waals surface area (Å²) in [4.78, 5) is 5.16. The SMILES string of the molecule is CC(C)(C)c1ccc(-c2ccc(N3c4cc(-n5c6ccccc6c6ccccc65)ccc4B4c5cc(-c6ccccc6)cc6c5N(c5ccc(-c7ccccc7)cc5-c5ccccc5-6)c5cccc3c54)cc2)cc1. The van der Waals surface area contributed by atoms with E-state index >= 15 is 0 Å². The first-order valence-electron chi connectivity index (χ1n) is 25.9. The van der Waals surface area contributed by atoms with Crippen molar-refractivity contribution in [3.8, 4) is 61.3 Å². The van der Waals surface area contributed by atoms with E-state index < -0.39 is 0 Å². The summed E-state index contributed by atoms with van der Waals surface area (Å²) in [7, 11) is 0. The highest BCUT2D eigenvalue weighted by Crippen LogP contribution is 2.54. The van der Waals surface area contributed by atoms with E-state index in [2.05, 4.69) is 284 Å². The second-order valence-electron chi connectivity index (χ2n) is 21.3. The molecule has 4 heteroatoms. The quantitative estimate of drug-likeness (QED) is 0.159. The maximum atomic E-state index is 2.61. The van der Waals surface area contributed by atoms with E-state index in [4.69, 9.17) is 0 Å². The van der Waals surface area contributed by atoms with Crippen molar-refractivity contribution in [3.05, 3.63) is 254 Å². The molecule has 0 atom stereocenters. The van der Waals surface area contributed by atoms with Gasteiger partial charge < -0.3 is 14.4 Å². The Balaban J connectivity index is 1.01. The molecule has 0 saturated carbocycles. The Hall–Kier alpha value is -9.12. The predicted octanol–water partition coefficient (Wildman–Crippen LogP) is 16.8.